The van der Waals surface area contributed by atoms with Crippen LogP contribution >= 0.6 is 11.5 Å². The number of rotatable bonds is 3. The van der Waals surface area contributed by atoms with Crippen molar-refractivity contribution < 1.29 is 18.0 Å². The molecule has 0 aromatic carbocycles. The molecule has 6 nitrogen and oxygen atoms in total. The Morgan fingerprint density at radius 1 is 1.48 bits per heavy atom. The van der Waals surface area contributed by atoms with Crippen LogP contribution in [0.1, 0.15) is 21.6 Å². The van der Waals surface area contributed by atoms with E-state index in [0.717, 1.165) is 23.8 Å². The molecular weight excluding hydrogens is 333 g/mol. The van der Waals surface area contributed by atoms with Crippen molar-refractivity contribution in [2.75, 3.05) is 12.4 Å². The number of halogens is 3. The highest BCUT2D eigenvalue weighted by Crippen LogP contribution is 2.33. The fourth-order valence-corrected chi connectivity index (χ4v) is 2.47. The fraction of sp³-hybridized carbons (Fsp3) is 0.154. The first-order valence-corrected chi connectivity index (χ1v) is 6.84. The van der Waals surface area contributed by atoms with Crippen LogP contribution in [-0.2, 0) is 6.18 Å². The Kier molecular flexibility index (Phi) is 4.42. The zero-order valence-electron chi connectivity index (χ0n) is 11.5. The molecule has 10 heteroatoms. The van der Waals surface area contributed by atoms with Crippen LogP contribution in [0.4, 0.5) is 23.9 Å². The Labute approximate surface area is 131 Å². The number of pyridine rings is 1. The van der Waals surface area contributed by atoms with Gasteiger partial charge in [0.05, 0.1) is 17.4 Å². The van der Waals surface area contributed by atoms with Crippen LogP contribution in [0.15, 0.2) is 17.1 Å². The van der Waals surface area contributed by atoms with Crippen LogP contribution in [0.2, 0.25) is 0 Å². The summed E-state index contributed by atoms with van der Waals surface area (Å²) in [4.78, 5) is 26.8. The number of aromatic nitrogens is 2. The number of amides is 1. The predicted octanol–water partition coefficient (Wildman–Crippen LogP) is 1.93. The Morgan fingerprint density at radius 2 is 2.17 bits per heavy atom. The van der Waals surface area contributed by atoms with Gasteiger partial charge in [-0.3, -0.25) is 14.0 Å². The normalized spacial score (nSPS) is 10.9. The van der Waals surface area contributed by atoms with Gasteiger partial charge in [0.25, 0.3) is 11.5 Å². The first-order chi connectivity index (χ1) is 10.8. The van der Waals surface area contributed by atoms with Crippen LogP contribution < -0.4 is 16.2 Å². The van der Waals surface area contributed by atoms with Gasteiger partial charge in [0.15, 0.2) is 0 Å². The summed E-state index contributed by atoms with van der Waals surface area (Å²) in [5.41, 5.74) is -2.57. The number of anilines is 2. The number of terminal acetylenes is 1. The van der Waals surface area contributed by atoms with E-state index in [4.69, 9.17) is 6.42 Å². The number of hydrogen-bond acceptors (Lipinski definition) is 5. The lowest BCUT2D eigenvalue weighted by molar-refractivity contribution is -0.138. The Hall–Kier alpha value is -2.80. The van der Waals surface area contributed by atoms with Crippen molar-refractivity contribution in [1.82, 2.24) is 14.7 Å². The molecular formula is C13H9F3N4O2S. The molecule has 0 atom stereocenters. The Bertz CT molecular complexity index is 848. The summed E-state index contributed by atoms with van der Waals surface area (Å²) in [7, 11) is 1.33. The van der Waals surface area contributed by atoms with E-state index in [1.54, 1.807) is 0 Å². The van der Waals surface area contributed by atoms with Crippen molar-refractivity contribution in [3.05, 3.63) is 39.4 Å². The third kappa shape index (κ3) is 3.35. The van der Waals surface area contributed by atoms with Crippen LogP contribution in [0, 0.1) is 12.3 Å². The van der Waals surface area contributed by atoms with Crippen molar-refractivity contribution >= 4 is 28.1 Å². The molecule has 0 unspecified atom stereocenters. The highest BCUT2D eigenvalue weighted by molar-refractivity contribution is 7.10. The van der Waals surface area contributed by atoms with Crippen LogP contribution in [0.3, 0.4) is 0 Å². The minimum atomic E-state index is -4.68. The number of H-pyrrole nitrogens is 1. The Balaban J connectivity index is 2.45. The quantitative estimate of drug-likeness (QED) is 0.744. The minimum Gasteiger partial charge on any atom is -0.355 e. The third-order valence-electron chi connectivity index (χ3n) is 2.74. The maximum atomic E-state index is 12.9. The predicted molar refractivity (Wildman–Crippen MR) is 78.8 cm³/mol. The van der Waals surface area contributed by atoms with Crippen LogP contribution in [0.25, 0.3) is 0 Å². The molecule has 0 bridgehead atoms. The lowest BCUT2D eigenvalue weighted by Crippen LogP contribution is -2.24. The molecule has 23 heavy (non-hydrogen) atoms. The van der Waals surface area contributed by atoms with E-state index >= 15 is 0 Å². The summed E-state index contributed by atoms with van der Waals surface area (Å²) in [5, 5.41) is 4.91. The molecule has 0 saturated carbocycles. The highest BCUT2D eigenvalue weighted by atomic mass is 32.1. The SMILES string of the molecule is C#Cc1ncc(Nc2s[nH]c(=O)c2C(=O)NC)cc1C(F)(F)F. The number of hydrogen-bond donors (Lipinski definition) is 3. The molecule has 3 N–H and O–H groups in total. The van der Waals surface area contributed by atoms with E-state index in [1.165, 1.54) is 7.05 Å². The Morgan fingerprint density at radius 3 is 2.74 bits per heavy atom. The number of aromatic amines is 1. The van der Waals surface area contributed by atoms with E-state index in [9.17, 15) is 22.8 Å². The van der Waals surface area contributed by atoms with Crippen molar-refractivity contribution in [2.24, 2.45) is 0 Å². The van der Waals surface area contributed by atoms with Gasteiger partial charge in [0.2, 0.25) is 0 Å². The standard InChI is InChI=1S/C13H9F3N4O2S/c1-3-8-7(13(14,15)16)4-6(5-18-8)19-12-9(10(21)17-2)11(22)20-23-12/h1,4-5,19H,2H3,(H,17,21)(H,20,22). The largest absolute Gasteiger partial charge is 0.419 e. The van der Waals surface area contributed by atoms with Gasteiger partial charge in [-0.2, -0.15) is 13.2 Å². The monoisotopic (exact) mass is 342 g/mol. The molecule has 0 aliphatic carbocycles. The lowest BCUT2D eigenvalue weighted by atomic mass is 10.1. The van der Waals surface area contributed by atoms with E-state index in [0.29, 0.717) is 0 Å². The molecule has 2 rings (SSSR count). The number of nitrogens with one attached hydrogen (secondary N) is 3. The lowest BCUT2D eigenvalue weighted by Gasteiger charge is -2.11. The van der Waals surface area contributed by atoms with Gasteiger partial charge >= 0.3 is 6.18 Å². The molecule has 0 aliphatic heterocycles. The average molecular weight is 342 g/mol. The maximum Gasteiger partial charge on any atom is 0.419 e. The van der Waals surface area contributed by atoms with Gasteiger partial charge < -0.3 is 10.6 Å². The van der Waals surface area contributed by atoms with Crippen LogP contribution in [0.5, 0.6) is 0 Å². The minimum absolute atomic E-state index is 0.0586. The van der Waals surface area contributed by atoms with Gasteiger partial charge in [-0.05, 0) is 23.5 Å². The summed E-state index contributed by atoms with van der Waals surface area (Å²) >= 11 is 0.779. The van der Waals surface area contributed by atoms with E-state index < -0.39 is 28.9 Å². The summed E-state index contributed by atoms with van der Waals surface area (Å²) in [6.45, 7) is 0. The van der Waals surface area contributed by atoms with Crippen molar-refractivity contribution in [2.45, 2.75) is 6.18 Å². The molecule has 2 heterocycles. The summed E-state index contributed by atoms with van der Waals surface area (Å²) in [5.74, 6) is 1.19. The topological polar surface area (TPSA) is 86.9 Å². The van der Waals surface area contributed by atoms with Gasteiger partial charge in [-0.1, -0.05) is 0 Å². The average Bonchev–Trinajstić information content (AvgIpc) is 2.86. The van der Waals surface area contributed by atoms with E-state index in [2.05, 4.69) is 20.0 Å². The fourth-order valence-electron chi connectivity index (χ4n) is 1.72. The van der Waals surface area contributed by atoms with Crippen molar-refractivity contribution in [1.29, 1.82) is 0 Å². The maximum absolute atomic E-state index is 12.9. The zero-order valence-corrected chi connectivity index (χ0v) is 12.4. The second kappa shape index (κ2) is 6.13. The first-order valence-electron chi connectivity index (χ1n) is 6.02. The molecule has 0 saturated heterocycles. The highest BCUT2D eigenvalue weighted by Gasteiger charge is 2.34. The summed E-state index contributed by atoms with van der Waals surface area (Å²) < 4.78 is 41.1. The van der Waals surface area contributed by atoms with Gasteiger partial charge in [-0.15, -0.1) is 6.42 Å². The molecule has 0 radical (unpaired) electrons. The first kappa shape index (κ1) is 16.6. The molecule has 0 fully saturated rings. The van der Waals surface area contributed by atoms with E-state index in [-0.39, 0.29) is 16.3 Å². The number of alkyl halides is 3. The van der Waals surface area contributed by atoms with E-state index in [1.807, 2.05) is 5.92 Å². The second-order valence-electron chi connectivity index (χ2n) is 4.20. The van der Waals surface area contributed by atoms with Gasteiger partial charge in [0.1, 0.15) is 16.3 Å². The molecule has 2 aromatic rings. The molecule has 0 spiro atoms. The van der Waals surface area contributed by atoms with Crippen molar-refractivity contribution in [3.8, 4) is 12.3 Å². The number of nitrogens with zero attached hydrogens (tertiary/aromatic N) is 1. The summed E-state index contributed by atoms with van der Waals surface area (Å²) in [6.07, 6.45) is 1.41. The third-order valence-corrected chi connectivity index (χ3v) is 3.54. The molecule has 120 valence electrons. The summed E-state index contributed by atoms with van der Waals surface area (Å²) in [6, 6.07) is 0.764. The van der Waals surface area contributed by atoms with Crippen LogP contribution in [-0.4, -0.2) is 22.3 Å². The van der Waals surface area contributed by atoms with Crippen molar-refractivity contribution in [3.63, 3.8) is 0 Å². The number of carbonyl (C=O) groups is 1. The molecule has 1 amide bonds. The molecule has 2 aromatic heterocycles. The number of carbonyl (C=O) groups excluding carboxylic acids is 1. The second-order valence-corrected chi connectivity index (χ2v) is 5.02. The van der Waals surface area contributed by atoms with Gasteiger partial charge in [-0.25, -0.2) is 4.98 Å². The molecule has 0 aliphatic rings. The van der Waals surface area contributed by atoms with Gasteiger partial charge in [0, 0.05) is 7.05 Å². The smallest absolute Gasteiger partial charge is 0.355 e. The zero-order chi connectivity index (χ0) is 17.2.